The van der Waals surface area contributed by atoms with E-state index in [1.165, 1.54) is 12.1 Å². The van der Waals surface area contributed by atoms with Crippen LogP contribution in [0.2, 0.25) is 0 Å². The molecule has 1 atom stereocenters. The van der Waals surface area contributed by atoms with Crippen molar-refractivity contribution in [3.63, 3.8) is 0 Å². The minimum atomic E-state index is -0.784. The van der Waals surface area contributed by atoms with E-state index in [1.807, 2.05) is 30.3 Å². The number of carbonyl (C=O) groups excluding carboxylic acids is 1. The summed E-state index contributed by atoms with van der Waals surface area (Å²) in [4.78, 5) is 16.4. The molecule has 1 aliphatic carbocycles. The third kappa shape index (κ3) is 5.21. The van der Waals surface area contributed by atoms with Crippen molar-refractivity contribution in [1.82, 2.24) is 4.98 Å². The van der Waals surface area contributed by atoms with Crippen LogP contribution < -0.4 is 5.73 Å². The Hall–Kier alpha value is -3.09. The van der Waals surface area contributed by atoms with Crippen LogP contribution in [0.25, 0.3) is 28.1 Å². The monoisotopic (exact) mass is 434 g/mol. The van der Waals surface area contributed by atoms with Crippen molar-refractivity contribution in [3.8, 4) is 11.1 Å². The second kappa shape index (κ2) is 10.0. The molecule has 32 heavy (non-hydrogen) atoms. The molecule has 166 valence electrons. The Balaban J connectivity index is 1.66. The van der Waals surface area contributed by atoms with Gasteiger partial charge in [0.2, 0.25) is 0 Å². The summed E-state index contributed by atoms with van der Waals surface area (Å²) < 4.78 is 18.3. The quantitative estimate of drug-likeness (QED) is 0.369. The molecule has 1 fully saturated rings. The summed E-state index contributed by atoms with van der Waals surface area (Å²) in [6.45, 7) is -0.184. The summed E-state index contributed by atoms with van der Waals surface area (Å²) in [5, 5.41) is 11.1. The molecule has 0 bridgehead atoms. The van der Waals surface area contributed by atoms with Gasteiger partial charge in [0.05, 0.1) is 23.7 Å². The minimum absolute atomic E-state index is 0.0727. The maximum Gasteiger partial charge on any atom is 0.309 e. The van der Waals surface area contributed by atoms with E-state index in [0.717, 1.165) is 46.1 Å². The SMILES string of the molecule is NCOC(=O)C[C@H](O)CC/C=C/c1c(C2CC2)nc2ccccc2c1-c1ccc(F)cc1. The van der Waals surface area contributed by atoms with Gasteiger partial charge >= 0.3 is 5.97 Å². The normalized spacial score (nSPS) is 14.7. The number of esters is 1. The Morgan fingerprint density at radius 3 is 2.69 bits per heavy atom. The highest BCUT2D eigenvalue weighted by molar-refractivity contribution is 5.99. The number of hydrogen-bond acceptors (Lipinski definition) is 5. The number of carbonyl (C=O) groups is 1. The molecule has 1 saturated carbocycles. The first-order chi connectivity index (χ1) is 15.6. The van der Waals surface area contributed by atoms with Gasteiger partial charge in [-0.25, -0.2) is 4.39 Å². The van der Waals surface area contributed by atoms with Crippen LogP contribution in [-0.4, -0.2) is 28.9 Å². The summed E-state index contributed by atoms with van der Waals surface area (Å²) in [6, 6.07) is 14.6. The van der Waals surface area contributed by atoms with Gasteiger partial charge in [0, 0.05) is 22.4 Å². The molecule has 0 spiro atoms. The molecule has 0 amide bonds. The lowest BCUT2D eigenvalue weighted by Crippen LogP contribution is -2.18. The Morgan fingerprint density at radius 2 is 1.97 bits per heavy atom. The molecule has 1 aromatic heterocycles. The molecular formula is C26H27FN2O3. The Kier molecular flexibility index (Phi) is 6.93. The van der Waals surface area contributed by atoms with Crippen molar-refractivity contribution in [3.05, 3.63) is 71.7 Å². The van der Waals surface area contributed by atoms with Crippen LogP contribution in [-0.2, 0) is 9.53 Å². The number of benzene rings is 2. The zero-order valence-corrected chi connectivity index (χ0v) is 17.8. The van der Waals surface area contributed by atoms with E-state index in [9.17, 15) is 14.3 Å². The van der Waals surface area contributed by atoms with Crippen molar-refractivity contribution >= 4 is 22.9 Å². The number of nitrogens with two attached hydrogens (primary N) is 1. The number of allylic oxidation sites excluding steroid dienone is 1. The lowest BCUT2D eigenvalue weighted by atomic mass is 9.92. The largest absolute Gasteiger partial charge is 0.450 e. The summed E-state index contributed by atoms with van der Waals surface area (Å²) in [5.41, 5.74) is 10.2. The molecule has 1 heterocycles. The predicted molar refractivity (Wildman–Crippen MR) is 123 cm³/mol. The summed E-state index contributed by atoms with van der Waals surface area (Å²) in [7, 11) is 0. The molecular weight excluding hydrogens is 407 g/mol. The smallest absolute Gasteiger partial charge is 0.309 e. The number of pyridine rings is 1. The van der Waals surface area contributed by atoms with Crippen molar-refractivity contribution in [2.75, 3.05) is 6.73 Å². The Morgan fingerprint density at radius 1 is 1.22 bits per heavy atom. The minimum Gasteiger partial charge on any atom is -0.450 e. The number of para-hydroxylation sites is 1. The average molecular weight is 435 g/mol. The summed E-state index contributed by atoms with van der Waals surface area (Å²) in [6.07, 6.45) is 6.44. The summed E-state index contributed by atoms with van der Waals surface area (Å²) in [5.74, 6) is -0.346. The molecule has 0 unspecified atom stereocenters. The van der Waals surface area contributed by atoms with Crippen LogP contribution in [0, 0.1) is 5.82 Å². The van der Waals surface area contributed by atoms with E-state index in [4.69, 9.17) is 10.7 Å². The molecule has 5 nitrogen and oxygen atoms in total. The van der Waals surface area contributed by atoms with Gasteiger partial charge in [0.15, 0.2) is 0 Å². The lowest BCUT2D eigenvalue weighted by molar-refractivity contribution is -0.145. The topological polar surface area (TPSA) is 85.4 Å². The van der Waals surface area contributed by atoms with E-state index in [1.54, 1.807) is 12.1 Å². The molecule has 1 aliphatic rings. The molecule has 0 saturated heterocycles. The predicted octanol–water partition coefficient (Wildman–Crippen LogP) is 4.92. The molecule has 3 N–H and O–H groups in total. The van der Waals surface area contributed by atoms with Crippen LogP contribution in [0.15, 0.2) is 54.6 Å². The highest BCUT2D eigenvalue weighted by Crippen LogP contribution is 2.45. The van der Waals surface area contributed by atoms with Gasteiger partial charge in [-0.2, -0.15) is 0 Å². The highest BCUT2D eigenvalue weighted by atomic mass is 19.1. The molecule has 6 heteroatoms. The zero-order chi connectivity index (χ0) is 22.5. The number of nitrogens with zero attached hydrogens (tertiary/aromatic N) is 1. The highest BCUT2D eigenvalue weighted by Gasteiger charge is 2.29. The fourth-order valence-corrected chi connectivity index (χ4v) is 3.95. The van der Waals surface area contributed by atoms with E-state index >= 15 is 0 Å². The molecule has 2 aromatic carbocycles. The maximum absolute atomic E-state index is 13.6. The first-order valence-electron chi connectivity index (χ1n) is 11.0. The fourth-order valence-electron chi connectivity index (χ4n) is 3.95. The van der Waals surface area contributed by atoms with Crippen LogP contribution in [0.5, 0.6) is 0 Å². The van der Waals surface area contributed by atoms with Crippen LogP contribution in [0.1, 0.15) is 49.3 Å². The van der Waals surface area contributed by atoms with Crippen molar-refractivity contribution in [2.45, 2.75) is 44.1 Å². The first kappa shape index (κ1) is 22.1. The third-order valence-electron chi connectivity index (χ3n) is 5.65. The van der Waals surface area contributed by atoms with Crippen molar-refractivity contribution < 1.29 is 19.0 Å². The van der Waals surface area contributed by atoms with Crippen molar-refractivity contribution in [1.29, 1.82) is 0 Å². The van der Waals surface area contributed by atoms with Crippen LogP contribution in [0.4, 0.5) is 4.39 Å². The molecule has 4 rings (SSSR count). The lowest BCUT2D eigenvalue weighted by Gasteiger charge is -2.15. The van der Waals surface area contributed by atoms with E-state index in [2.05, 4.69) is 10.8 Å². The second-order valence-corrected chi connectivity index (χ2v) is 8.10. The Labute approximate surface area is 186 Å². The number of hydrogen-bond donors (Lipinski definition) is 2. The van der Waals surface area contributed by atoms with Crippen LogP contribution in [0.3, 0.4) is 0 Å². The number of halogens is 1. The standard InChI is InChI=1S/C26H27FN2O3/c27-19-13-11-17(12-14-19)25-21-6-3-4-8-23(21)29-26(18-9-10-18)22(25)7-2-1-5-20(30)15-24(31)32-16-28/h2-4,6-8,11-14,18,20,30H,1,5,9-10,15-16,28H2/b7-2+/t20-/m1/s1. The maximum atomic E-state index is 13.6. The number of aliphatic hydroxyl groups is 1. The number of aliphatic hydroxyl groups excluding tert-OH is 1. The second-order valence-electron chi connectivity index (χ2n) is 8.10. The van der Waals surface area contributed by atoms with E-state index in [-0.39, 0.29) is 19.0 Å². The van der Waals surface area contributed by atoms with Gasteiger partial charge in [0.25, 0.3) is 0 Å². The molecule has 0 radical (unpaired) electrons. The van der Waals surface area contributed by atoms with Gasteiger partial charge in [-0.1, -0.05) is 42.5 Å². The third-order valence-corrected chi connectivity index (χ3v) is 5.65. The Bertz CT molecular complexity index is 1120. The first-order valence-corrected chi connectivity index (χ1v) is 11.0. The number of aromatic nitrogens is 1. The van der Waals surface area contributed by atoms with E-state index < -0.39 is 12.1 Å². The van der Waals surface area contributed by atoms with Gasteiger partial charge in [-0.05, 0) is 49.4 Å². The van der Waals surface area contributed by atoms with Gasteiger partial charge in [-0.15, -0.1) is 0 Å². The average Bonchev–Trinajstić information content (AvgIpc) is 3.62. The fraction of sp³-hybridized carbons (Fsp3) is 0.308. The van der Waals surface area contributed by atoms with Gasteiger partial charge in [-0.3, -0.25) is 15.5 Å². The number of ether oxygens (including phenoxy) is 1. The van der Waals surface area contributed by atoms with Crippen molar-refractivity contribution in [2.24, 2.45) is 5.73 Å². The molecule has 0 aliphatic heterocycles. The molecule has 3 aromatic rings. The number of rotatable bonds is 9. The zero-order valence-electron chi connectivity index (χ0n) is 17.8. The van der Waals surface area contributed by atoms with E-state index in [0.29, 0.717) is 18.8 Å². The summed E-state index contributed by atoms with van der Waals surface area (Å²) >= 11 is 0. The van der Waals surface area contributed by atoms with Gasteiger partial charge < -0.3 is 9.84 Å². The van der Waals surface area contributed by atoms with Crippen LogP contribution >= 0.6 is 0 Å². The number of fused-ring (bicyclic) bond motifs is 1. The van der Waals surface area contributed by atoms with Gasteiger partial charge in [0.1, 0.15) is 12.5 Å².